The first kappa shape index (κ1) is 24.2. The lowest BCUT2D eigenvalue weighted by Gasteiger charge is -2.59. The predicted molar refractivity (Wildman–Crippen MR) is 133 cm³/mol. The summed E-state index contributed by atoms with van der Waals surface area (Å²) in [6.07, 6.45) is 16.4. The van der Waals surface area contributed by atoms with Gasteiger partial charge in [0.15, 0.2) is 0 Å². The molecule has 1 N–H and O–H groups in total. The molecule has 3 fully saturated rings. The van der Waals surface area contributed by atoms with Gasteiger partial charge in [0.2, 0.25) is 0 Å². The Morgan fingerprint density at radius 3 is 2.44 bits per heavy atom. The average molecular weight is 441 g/mol. The Morgan fingerprint density at radius 2 is 1.78 bits per heavy atom. The zero-order valence-electron chi connectivity index (χ0n) is 21.6. The van der Waals surface area contributed by atoms with Crippen molar-refractivity contribution in [3.63, 3.8) is 0 Å². The number of hydrogen-bond donors (Lipinski definition) is 1. The van der Waals surface area contributed by atoms with E-state index >= 15 is 0 Å². The Hall–Kier alpha value is -0.890. The van der Waals surface area contributed by atoms with E-state index in [-0.39, 0.29) is 11.3 Å². The van der Waals surface area contributed by atoms with Crippen molar-refractivity contribution in [1.29, 1.82) is 0 Å². The molecule has 0 saturated heterocycles. The highest BCUT2D eigenvalue weighted by Crippen LogP contribution is 2.67. The van der Waals surface area contributed by atoms with Gasteiger partial charge < -0.3 is 9.90 Å². The van der Waals surface area contributed by atoms with E-state index in [4.69, 9.17) is 0 Å². The van der Waals surface area contributed by atoms with Crippen molar-refractivity contribution in [1.82, 2.24) is 0 Å². The zero-order chi connectivity index (χ0) is 23.3. The molecule has 4 rings (SSSR count). The molecule has 0 aromatic heterocycles. The second-order valence-electron chi connectivity index (χ2n) is 12.7. The van der Waals surface area contributed by atoms with Gasteiger partial charge in [0.25, 0.3) is 0 Å². The Labute approximate surface area is 197 Å². The monoisotopic (exact) mass is 440 g/mol. The molecule has 0 heterocycles. The van der Waals surface area contributed by atoms with Crippen LogP contribution in [0.2, 0.25) is 0 Å². The number of carbonyl (C=O) groups is 1. The molecular formula is C30H48O2. The van der Waals surface area contributed by atoms with E-state index < -0.39 is 6.10 Å². The highest BCUT2D eigenvalue weighted by Gasteiger charge is 2.59. The van der Waals surface area contributed by atoms with E-state index in [1.165, 1.54) is 38.5 Å². The molecule has 9 atom stereocenters. The second kappa shape index (κ2) is 9.05. The molecule has 2 heteroatoms. The minimum absolute atomic E-state index is 0.169. The normalized spacial score (nSPS) is 45.0. The third-order valence-electron chi connectivity index (χ3n) is 11.2. The van der Waals surface area contributed by atoms with E-state index in [1.54, 1.807) is 11.1 Å². The van der Waals surface area contributed by atoms with Crippen LogP contribution in [0, 0.1) is 52.3 Å². The first-order valence-electron chi connectivity index (χ1n) is 13.7. The Kier molecular flexibility index (Phi) is 6.85. The summed E-state index contributed by atoms with van der Waals surface area (Å²) in [6, 6.07) is 0. The summed E-state index contributed by atoms with van der Waals surface area (Å²) in [5, 5.41) is 10.5. The fourth-order valence-corrected chi connectivity index (χ4v) is 9.18. The van der Waals surface area contributed by atoms with Crippen LogP contribution in [0.3, 0.4) is 0 Å². The first-order chi connectivity index (χ1) is 15.2. The largest absolute Gasteiger partial charge is 0.392 e. The summed E-state index contributed by atoms with van der Waals surface area (Å²) in [4.78, 5) is 11.9. The molecular weight excluding hydrogens is 392 g/mol. The van der Waals surface area contributed by atoms with Gasteiger partial charge in [-0.05, 0) is 111 Å². The number of aliphatic hydroxyl groups is 1. The molecule has 0 aromatic carbocycles. The van der Waals surface area contributed by atoms with Gasteiger partial charge in [-0.1, -0.05) is 57.9 Å². The third-order valence-corrected chi connectivity index (χ3v) is 11.2. The van der Waals surface area contributed by atoms with Gasteiger partial charge in [0.1, 0.15) is 6.29 Å². The zero-order valence-corrected chi connectivity index (χ0v) is 21.6. The smallest absolute Gasteiger partial charge is 0.125 e. The Bertz CT molecular complexity index is 763. The molecule has 0 unspecified atom stereocenters. The molecule has 4 aliphatic rings. The topological polar surface area (TPSA) is 37.3 Å². The van der Waals surface area contributed by atoms with Crippen molar-refractivity contribution >= 4 is 6.29 Å². The predicted octanol–water partition coefficient (Wildman–Crippen LogP) is 7.37. The highest BCUT2D eigenvalue weighted by molar-refractivity contribution is 5.56. The summed E-state index contributed by atoms with van der Waals surface area (Å²) in [7, 11) is 0. The summed E-state index contributed by atoms with van der Waals surface area (Å²) in [6.45, 7) is 14.5. The second-order valence-corrected chi connectivity index (χ2v) is 12.7. The summed E-state index contributed by atoms with van der Waals surface area (Å²) in [5.74, 6) is 3.80. The number of aliphatic hydroxyl groups excluding tert-OH is 1. The quantitative estimate of drug-likeness (QED) is 0.346. The number of carbonyl (C=O) groups excluding carboxylic acids is 1. The lowest BCUT2D eigenvalue weighted by Crippen LogP contribution is -2.53. The van der Waals surface area contributed by atoms with Crippen molar-refractivity contribution < 1.29 is 9.90 Å². The van der Waals surface area contributed by atoms with Gasteiger partial charge in [-0.25, -0.2) is 0 Å². The van der Waals surface area contributed by atoms with E-state index in [0.717, 1.165) is 43.3 Å². The SMILES string of the molecule is C/C=C(/CC[C@@H](C)[C@H]1CC[C@H]2C3=CC[C@H]4[C@H](C=O)[C@@H](O)CC[C@]4(C)[C@H]3CC[C@]12C)C(C)C. The van der Waals surface area contributed by atoms with Crippen molar-refractivity contribution in [3.8, 4) is 0 Å². The van der Waals surface area contributed by atoms with Gasteiger partial charge in [-0.15, -0.1) is 0 Å². The van der Waals surface area contributed by atoms with Crippen LogP contribution < -0.4 is 0 Å². The fraction of sp³-hybridized carbons (Fsp3) is 0.833. The van der Waals surface area contributed by atoms with Gasteiger partial charge in [-0.3, -0.25) is 0 Å². The van der Waals surface area contributed by atoms with Crippen LogP contribution in [0.1, 0.15) is 99.3 Å². The van der Waals surface area contributed by atoms with E-state index in [9.17, 15) is 9.90 Å². The lowest BCUT2D eigenvalue weighted by atomic mass is 9.46. The highest BCUT2D eigenvalue weighted by atomic mass is 16.3. The molecule has 0 radical (unpaired) electrons. The molecule has 0 bridgehead atoms. The molecule has 3 saturated carbocycles. The van der Waals surface area contributed by atoms with Crippen molar-refractivity contribution in [2.75, 3.05) is 0 Å². The van der Waals surface area contributed by atoms with E-state index in [1.807, 2.05) is 0 Å². The maximum absolute atomic E-state index is 11.9. The first-order valence-corrected chi connectivity index (χ1v) is 13.7. The van der Waals surface area contributed by atoms with E-state index in [0.29, 0.717) is 23.2 Å². The van der Waals surface area contributed by atoms with Gasteiger partial charge in [-0.2, -0.15) is 0 Å². The number of fused-ring (bicyclic) bond motifs is 5. The van der Waals surface area contributed by atoms with Crippen LogP contribution in [0.5, 0.6) is 0 Å². The molecule has 0 aliphatic heterocycles. The summed E-state index contributed by atoms with van der Waals surface area (Å²) in [5.41, 5.74) is 4.01. The standard InChI is InChI=1S/C30H48O2/c1-7-21(19(2)3)9-8-20(4)24-12-13-25-22-10-11-26-23(18-31)28(32)15-17-30(26,6)27(22)14-16-29(24,25)5/h7,10,18-20,23-28,32H,8-9,11-17H2,1-6H3/b21-7-/t20-,23+,24-,25+,26+,27+,28+,29-,30+/m1/s1. The van der Waals surface area contributed by atoms with Crippen molar-refractivity contribution in [2.45, 2.75) is 105 Å². The summed E-state index contributed by atoms with van der Waals surface area (Å²) < 4.78 is 0. The molecule has 4 aliphatic carbocycles. The number of aldehydes is 1. The van der Waals surface area contributed by atoms with Gasteiger partial charge in [0, 0.05) is 5.92 Å². The fourth-order valence-electron chi connectivity index (χ4n) is 9.18. The minimum atomic E-state index is -0.431. The van der Waals surface area contributed by atoms with Gasteiger partial charge >= 0.3 is 0 Å². The van der Waals surface area contributed by atoms with Crippen LogP contribution in [-0.4, -0.2) is 17.5 Å². The van der Waals surface area contributed by atoms with Crippen LogP contribution in [0.4, 0.5) is 0 Å². The Morgan fingerprint density at radius 1 is 1.09 bits per heavy atom. The number of allylic oxidation sites excluding steroid dienone is 4. The summed E-state index contributed by atoms with van der Waals surface area (Å²) >= 11 is 0. The number of hydrogen-bond acceptors (Lipinski definition) is 2. The maximum atomic E-state index is 11.9. The third kappa shape index (κ3) is 3.77. The van der Waals surface area contributed by atoms with Crippen LogP contribution in [0.15, 0.2) is 23.3 Å². The van der Waals surface area contributed by atoms with E-state index in [2.05, 4.69) is 53.7 Å². The van der Waals surface area contributed by atoms with Crippen molar-refractivity contribution in [3.05, 3.63) is 23.3 Å². The Balaban J connectivity index is 1.53. The van der Waals surface area contributed by atoms with Crippen LogP contribution in [0.25, 0.3) is 0 Å². The lowest BCUT2D eigenvalue weighted by molar-refractivity contribution is -0.129. The minimum Gasteiger partial charge on any atom is -0.392 e. The van der Waals surface area contributed by atoms with Gasteiger partial charge in [0.05, 0.1) is 6.10 Å². The molecule has 0 aromatic rings. The maximum Gasteiger partial charge on any atom is 0.125 e. The van der Waals surface area contributed by atoms with Crippen LogP contribution >= 0.6 is 0 Å². The van der Waals surface area contributed by atoms with Crippen molar-refractivity contribution in [2.24, 2.45) is 52.3 Å². The molecule has 0 spiro atoms. The number of rotatable bonds is 6. The molecule has 2 nitrogen and oxygen atoms in total. The molecule has 180 valence electrons. The van der Waals surface area contributed by atoms with Crippen LogP contribution in [-0.2, 0) is 4.79 Å². The molecule has 32 heavy (non-hydrogen) atoms. The average Bonchev–Trinajstić information content (AvgIpc) is 3.11. The molecule has 0 amide bonds.